The second-order valence-corrected chi connectivity index (χ2v) is 11.0. The van der Waals surface area contributed by atoms with E-state index < -0.39 is 56.0 Å². The van der Waals surface area contributed by atoms with Crippen molar-refractivity contribution >= 4 is 27.6 Å². The molecule has 0 aliphatic carbocycles. The summed E-state index contributed by atoms with van der Waals surface area (Å²) >= 11 is 0. The molecule has 9 nitrogen and oxygen atoms in total. The zero-order valence-electron chi connectivity index (χ0n) is 19.1. The molecule has 1 aromatic rings. The summed E-state index contributed by atoms with van der Waals surface area (Å²) in [5.41, 5.74) is -3.90. The molecule has 0 radical (unpaired) electrons. The molecule has 3 saturated heterocycles. The largest absolute Gasteiger partial charge is 0.448 e. The van der Waals surface area contributed by atoms with Crippen molar-refractivity contribution < 1.29 is 32.6 Å². The lowest BCUT2D eigenvalue weighted by molar-refractivity contribution is -0.178. The number of rotatable bonds is 6. The van der Waals surface area contributed by atoms with Gasteiger partial charge in [-0.15, -0.1) is 0 Å². The fourth-order valence-corrected chi connectivity index (χ4v) is 8.24. The fourth-order valence-electron chi connectivity index (χ4n) is 5.90. The minimum Gasteiger partial charge on any atom is -0.448 e. The van der Waals surface area contributed by atoms with Crippen LogP contribution in [0.25, 0.3) is 0 Å². The number of cyclic esters (lactones) is 1. The van der Waals surface area contributed by atoms with Gasteiger partial charge in [0.25, 0.3) is 5.91 Å². The molecule has 1 aromatic carbocycles. The Balaban J connectivity index is 1.98. The predicted octanol–water partition coefficient (Wildman–Crippen LogP) is 0.960. The molecule has 2 amide bonds. The lowest BCUT2D eigenvalue weighted by Gasteiger charge is -2.50. The molecule has 180 valence electrons. The Labute approximate surface area is 193 Å². The first kappa shape index (κ1) is 23.7. The Hall–Kier alpha value is -2.46. The third-order valence-corrected chi connectivity index (χ3v) is 9.75. The highest BCUT2D eigenvalue weighted by Gasteiger charge is 2.75. The number of sulfone groups is 1. The highest BCUT2D eigenvalue weighted by atomic mass is 32.2. The number of hydrogen-bond acceptors (Lipinski definition) is 7. The number of aliphatic hydroxyl groups is 1. The molecule has 0 bridgehead atoms. The topological polar surface area (TPSA) is 121 Å². The van der Waals surface area contributed by atoms with Crippen molar-refractivity contribution in [2.45, 2.75) is 61.5 Å². The van der Waals surface area contributed by atoms with E-state index in [9.17, 15) is 27.9 Å². The van der Waals surface area contributed by atoms with E-state index in [0.29, 0.717) is 19.5 Å². The highest BCUT2D eigenvalue weighted by molar-refractivity contribution is 7.92. The molecule has 1 N–H and O–H groups in total. The zero-order valence-corrected chi connectivity index (χ0v) is 19.9. The highest BCUT2D eigenvalue weighted by Crippen LogP contribution is 2.55. The van der Waals surface area contributed by atoms with Crippen molar-refractivity contribution in [1.82, 2.24) is 9.80 Å². The maximum Gasteiger partial charge on any atom is 0.320 e. The van der Waals surface area contributed by atoms with E-state index in [2.05, 4.69) is 0 Å². The van der Waals surface area contributed by atoms with Crippen LogP contribution in [0.4, 0.5) is 0 Å². The summed E-state index contributed by atoms with van der Waals surface area (Å²) in [6, 6.07) is 7.64. The van der Waals surface area contributed by atoms with Crippen LogP contribution in [0.15, 0.2) is 35.2 Å². The first-order chi connectivity index (χ1) is 15.6. The molecule has 0 saturated carbocycles. The molecule has 4 rings (SSSR count). The lowest BCUT2D eigenvalue weighted by Crippen LogP contribution is -2.71. The van der Waals surface area contributed by atoms with E-state index in [1.807, 2.05) is 0 Å². The van der Waals surface area contributed by atoms with Crippen LogP contribution in [-0.4, -0.2) is 77.3 Å². The molecule has 3 heterocycles. The molecule has 0 aromatic heterocycles. The summed E-state index contributed by atoms with van der Waals surface area (Å²) in [7, 11) is -4.28. The van der Waals surface area contributed by atoms with E-state index in [-0.39, 0.29) is 24.3 Å². The Bertz CT molecular complexity index is 1070. The van der Waals surface area contributed by atoms with Crippen LogP contribution < -0.4 is 0 Å². The van der Waals surface area contributed by atoms with Gasteiger partial charge in [0.1, 0.15) is 11.2 Å². The summed E-state index contributed by atoms with van der Waals surface area (Å²) in [6.07, 6.45) is 0.409. The molecular weight excluding hydrogens is 448 g/mol. The van der Waals surface area contributed by atoms with Crippen molar-refractivity contribution in [3.05, 3.63) is 30.3 Å². The molecule has 5 atom stereocenters. The van der Waals surface area contributed by atoms with E-state index in [1.165, 1.54) is 17.0 Å². The summed E-state index contributed by atoms with van der Waals surface area (Å²) in [6.45, 7) is 5.97. The van der Waals surface area contributed by atoms with Gasteiger partial charge in [0.2, 0.25) is 5.91 Å². The van der Waals surface area contributed by atoms with Gasteiger partial charge in [-0.05, 0) is 45.2 Å². The van der Waals surface area contributed by atoms with Gasteiger partial charge in [-0.3, -0.25) is 14.4 Å². The SMILES string of the molecule is CCN(CC)C(=O)[C@@]1(CC)OC(=O)[C@@H]2C(=O)N3CCC[C@@]3(O)[C@@H](S(=O)(=O)c3ccccc3)[C@@H]21. The summed E-state index contributed by atoms with van der Waals surface area (Å²) in [5.74, 6) is -4.93. The maximum absolute atomic E-state index is 14.0. The standard InChI is InChI=1S/C23H30N2O7S/c1-4-22(21(28)24(5-2)6-3)17-16(20(27)32-22)19(26)25-14-10-13-23(25,29)18(17)33(30,31)15-11-8-7-9-12-15/h7-9,11-12,16-18,29H,4-6,10,13-14H2,1-3H3/t16-,17+,18-,22-,23+/m0/s1. The minimum absolute atomic E-state index is 0.0145. The number of fused-ring (bicyclic) bond motifs is 2. The van der Waals surface area contributed by atoms with Crippen molar-refractivity contribution in [3.63, 3.8) is 0 Å². The molecule has 3 fully saturated rings. The van der Waals surface area contributed by atoms with Gasteiger partial charge >= 0.3 is 5.97 Å². The molecular formula is C23H30N2O7S. The molecule has 33 heavy (non-hydrogen) atoms. The molecule has 3 aliphatic rings. The number of carbonyl (C=O) groups excluding carboxylic acids is 3. The monoisotopic (exact) mass is 478 g/mol. The summed E-state index contributed by atoms with van der Waals surface area (Å²) < 4.78 is 33.8. The van der Waals surface area contributed by atoms with E-state index in [0.717, 1.165) is 4.90 Å². The second kappa shape index (κ2) is 8.09. The third-order valence-electron chi connectivity index (χ3n) is 7.49. The van der Waals surface area contributed by atoms with Crippen LogP contribution in [-0.2, 0) is 29.0 Å². The van der Waals surface area contributed by atoms with Gasteiger partial charge in [-0.2, -0.15) is 0 Å². The Kier molecular flexibility index (Phi) is 5.81. The quantitative estimate of drug-likeness (QED) is 0.477. The number of benzene rings is 1. The van der Waals surface area contributed by atoms with Crippen LogP contribution >= 0.6 is 0 Å². The van der Waals surface area contributed by atoms with Crippen molar-refractivity contribution in [2.24, 2.45) is 11.8 Å². The van der Waals surface area contributed by atoms with Gasteiger partial charge in [0.05, 0.1) is 10.8 Å². The van der Waals surface area contributed by atoms with Crippen LogP contribution in [0.3, 0.4) is 0 Å². The van der Waals surface area contributed by atoms with Gasteiger partial charge in [0.15, 0.2) is 21.2 Å². The number of likely N-dealkylation sites (N-methyl/N-ethyl adjacent to an activating group) is 1. The van der Waals surface area contributed by atoms with Crippen LogP contribution in [0.2, 0.25) is 0 Å². The first-order valence-corrected chi connectivity index (χ1v) is 13.0. The second-order valence-electron chi connectivity index (χ2n) is 8.90. The van der Waals surface area contributed by atoms with Gasteiger partial charge in [0, 0.05) is 19.6 Å². The first-order valence-electron chi connectivity index (χ1n) is 11.4. The number of hydrogen-bond donors (Lipinski definition) is 1. The summed E-state index contributed by atoms with van der Waals surface area (Å²) in [4.78, 5) is 42.7. The summed E-state index contributed by atoms with van der Waals surface area (Å²) in [5, 5.41) is 10.2. The number of ether oxygens (including phenoxy) is 1. The van der Waals surface area contributed by atoms with Crippen molar-refractivity contribution in [2.75, 3.05) is 19.6 Å². The van der Waals surface area contributed by atoms with E-state index in [4.69, 9.17) is 4.74 Å². The molecule has 10 heteroatoms. The Morgan fingerprint density at radius 2 is 1.82 bits per heavy atom. The average molecular weight is 479 g/mol. The molecule has 3 aliphatic heterocycles. The van der Waals surface area contributed by atoms with Crippen LogP contribution in [0, 0.1) is 11.8 Å². The maximum atomic E-state index is 14.0. The third kappa shape index (κ3) is 3.13. The number of piperidine rings is 1. The van der Waals surface area contributed by atoms with E-state index in [1.54, 1.807) is 39.0 Å². The van der Waals surface area contributed by atoms with Crippen LogP contribution in [0.5, 0.6) is 0 Å². The average Bonchev–Trinajstić information content (AvgIpc) is 3.33. The predicted molar refractivity (Wildman–Crippen MR) is 117 cm³/mol. The normalized spacial score (nSPS) is 33.5. The van der Waals surface area contributed by atoms with Crippen molar-refractivity contribution in [3.8, 4) is 0 Å². The Morgan fingerprint density at radius 3 is 2.39 bits per heavy atom. The van der Waals surface area contributed by atoms with Gasteiger partial charge < -0.3 is 19.6 Å². The van der Waals surface area contributed by atoms with Gasteiger partial charge in [-0.25, -0.2) is 8.42 Å². The van der Waals surface area contributed by atoms with Crippen LogP contribution in [0.1, 0.15) is 40.0 Å². The van der Waals surface area contributed by atoms with E-state index >= 15 is 0 Å². The van der Waals surface area contributed by atoms with Gasteiger partial charge in [-0.1, -0.05) is 25.1 Å². The number of carbonyl (C=O) groups is 3. The number of amides is 2. The molecule has 0 unspecified atom stereocenters. The zero-order chi connectivity index (χ0) is 24.2. The fraction of sp³-hybridized carbons (Fsp3) is 0.609. The Morgan fingerprint density at radius 1 is 1.18 bits per heavy atom. The number of nitrogens with zero attached hydrogens (tertiary/aromatic N) is 2. The minimum atomic E-state index is -4.28. The van der Waals surface area contributed by atoms with Crippen molar-refractivity contribution in [1.29, 1.82) is 0 Å². The smallest absolute Gasteiger partial charge is 0.320 e. The number of esters is 1. The lowest BCUT2D eigenvalue weighted by atomic mass is 9.70. The molecule has 0 spiro atoms.